The van der Waals surface area contributed by atoms with Crippen LogP contribution in [0, 0.1) is 0 Å². The van der Waals surface area contributed by atoms with Gasteiger partial charge in [-0.25, -0.2) is 0 Å². The number of halogens is 1. The monoisotopic (exact) mass is 518 g/mol. The minimum Gasteiger partial charge on any atom is -0.810 e. The first-order chi connectivity index (χ1) is 15.1. The molecule has 1 aliphatic heterocycles. The van der Waals surface area contributed by atoms with E-state index in [1.807, 2.05) is 36.4 Å². The van der Waals surface area contributed by atoms with Crippen LogP contribution in [-0.4, -0.2) is 16.6 Å². The second kappa shape index (κ2) is 12.3. The molecule has 2 aromatic heterocycles. The van der Waals surface area contributed by atoms with E-state index in [1.165, 1.54) is 12.3 Å². The third-order valence-electron chi connectivity index (χ3n) is 4.92. The van der Waals surface area contributed by atoms with Gasteiger partial charge in [0.15, 0.2) is 0 Å². The number of fused-ring (bicyclic) bond motifs is 3. The molecular weight excluding hydrogens is 504 g/mol. The van der Waals surface area contributed by atoms with Crippen LogP contribution in [0.2, 0.25) is 5.02 Å². The van der Waals surface area contributed by atoms with Crippen molar-refractivity contribution in [3.05, 3.63) is 71.5 Å². The van der Waals surface area contributed by atoms with E-state index in [0.29, 0.717) is 28.0 Å². The van der Waals surface area contributed by atoms with Gasteiger partial charge in [-0.15, -0.1) is 0 Å². The summed E-state index contributed by atoms with van der Waals surface area (Å²) in [5.41, 5.74) is 2.23. The summed E-state index contributed by atoms with van der Waals surface area (Å²) in [5, 5.41) is 2.95. The number of rotatable bonds is 4. The quantitative estimate of drug-likeness (QED) is 0.173. The molecule has 1 fully saturated rings. The molecule has 4 aromatic rings. The summed E-state index contributed by atoms with van der Waals surface area (Å²) in [7, 11) is -4.32. The van der Waals surface area contributed by atoms with Crippen LogP contribution in [0.15, 0.2) is 60.9 Å². The normalized spacial score (nSPS) is 18.1. The molecule has 33 heavy (non-hydrogen) atoms. The number of pyridine rings is 2. The van der Waals surface area contributed by atoms with Crippen molar-refractivity contribution in [2.75, 3.05) is 6.61 Å². The Hall–Kier alpha value is 0.0500. The minimum atomic E-state index is -3.02. The predicted molar refractivity (Wildman–Crippen MR) is 117 cm³/mol. The second-order valence-corrected chi connectivity index (χ2v) is 9.44. The molecule has 2 unspecified atom stereocenters. The van der Waals surface area contributed by atoms with Crippen LogP contribution < -0.4 is 78.7 Å². The molecular formula is C21H15ClN2Na2O5P2. The Labute approximate surface area is 242 Å². The van der Waals surface area contributed by atoms with Gasteiger partial charge in [-0.05, 0) is 35.9 Å². The summed E-state index contributed by atoms with van der Waals surface area (Å²) in [6.45, 7) is 0.578. The SMILES string of the molecule is [Na+].[Na+].[O-]P([O-])Oc1ccnc2c1ccc1cc(P3OCCC(c4cccc(Cl)c4)O3)cnc12. The number of aromatic nitrogens is 2. The van der Waals surface area contributed by atoms with E-state index < -0.39 is 17.0 Å². The first-order valence-electron chi connectivity index (χ1n) is 9.43. The molecule has 0 aliphatic carbocycles. The molecule has 3 heterocycles. The molecule has 0 saturated carbocycles. The maximum absolute atomic E-state index is 11.0. The first kappa shape index (κ1) is 27.6. The average molecular weight is 519 g/mol. The zero-order chi connectivity index (χ0) is 21.4. The predicted octanol–water partition coefficient (Wildman–Crippen LogP) is -2.11. The van der Waals surface area contributed by atoms with Gasteiger partial charge in [-0.2, -0.15) is 0 Å². The Morgan fingerprint density at radius 3 is 2.70 bits per heavy atom. The molecule has 158 valence electrons. The van der Waals surface area contributed by atoms with Crippen LogP contribution in [0.5, 0.6) is 5.75 Å². The zero-order valence-corrected chi connectivity index (χ0v) is 24.5. The fourth-order valence-electron chi connectivity index (χ4n) is 3.54. The van der Waals surface area contributed by atoms with E-state index >= 15 is 0 Å². The van der Waals surface area contributed by atoms with Crippen LogP contribution >= 0.6 is 28.6 Å². The molecule has 1 aliphatic rings. The van der Waals surface area contributed by atoms with E-state index in [1.54, 1.807) is 12.3 Å². The van der Waals surface area contributed by atoms with E-state index in [-0.39, 0.29) is 71.0 Å². The minimum absolute atomic E-state index is 0. The van der Waals surface area contributed by atoms with Crippen molar-refractivity contribution in [1.29, 1.82) is 0 Å². The van der Waals surface area contributed by atoms with Crippen LogP contribution in [-0.2, 0) is 9.05 Å². The Morgan fingerprint density at radius 2 is 1.91 bits per heavy atom. The van der Waals surface area contributed by atoms with Crippen molar-refractivity contribution in [2.45, 2.75) is 12.5 Å². The van der Waals surface area contributed by atoms with Gasteiger partial charge in [-0.1, -0.05) is 38.4 Å². The van der Waals surface area contributed by atoms with Gasteiger partial charge in [0, 0.05) is 39.9 Å². The Balaban J connectivity index is 0.00000153. The first-order valence-corrected chi connectivity index (χ1v) is 12.1. The number of nitrogens with zero attached hydrogens (tertiary/aromatic N) is 2. The Morgan fingerprint density at radius 1 is 1.06 bits per heavy atom. The van der Waals surface area contributed by atoms with Crippen LogP contribution in [0.3, 0.4) is 0 Å². The van der Waals surface area contributed by atoms with E-state index in [4.69, 9.17) is 25.2 Å². The van der Waals surface area contributed by atoms with E-state index in [0.717, 1.165) is 22.7 Å². The van der Waals surface area contributed by atoms with Gasteiger partial charge >= 0.3 is 59.1 Å². The standard InChI is InChI=1S/C21H15ClN2O5P2.2Na/c22-15-3-1-2-13(10-15)18-7-9-27-30(28-18)16-11-14-4-5-17-19(29-31(25)26)6-8-23-21(17)20(14)24-12-16;;/h1-6,8,10-12,18H,7,9H2;;/q-2;2*+1. The molecule has 2 atom stereocenters. The summed E-state index contributed by atoms with van der Waals surface area (Å²) in [6, 6.07) is 14.8. The third-order valence-corrected chi connectivity index (χ3v) is 7.03. The molecule has 0 amide bonds. The number of benzene rings is 2. The van der Waals surface area contributed by atoms with Crippen molar-refractivity contribution >= 4 is 55.7 Å². The number of hydrogen-bond donors (Lipinski definition) is 0. The topological polar surface area (TPSA) is 99.6 Å². The summed E-state index contributed by atoms with van der Waals surface area (Å²) < 4.78 is 17.1. The Kier molecular flexibility index (Phi) is 10.3. The summed E-state index contributed by atoms with van der Waals surface area (Å²) >= 11 is 6.13. The van der Waals surface area contributed by atoms with Gasteiger partial charge in [0.2, 0.25) is 8.38 Å². The molecule has 0 radical (unpaired) electrons. The van der Waals surface area contributed by atoms with E-state index in [9.17, 15) is 9.79 Å². The largest absolute Gasteiger partial charge is 1.00 e. The van der Waals surface area contributed by atoms with Gasteiger partial charge < -0.3 is 23.4 Å². The average Bonchev–Trinajstić information content (AvgIpc) is 2.78. The Bertz CT molecular complexity index is 1270. The molecule has 0 N–H and O–H groups in total. The molecule has 0 spiro atoms. The van der Waals surface area contributed by atoms with Crippen molar-refractivity contribution < 1.29 is 82.5 Å². The molecule has 12 heteroatoms. The van der Waals surface area contributed by atoms with Gasteiger partial charge in [0.05, 0.1) is 18.2 Å². The van der Waals surface area contributed by atoms with Crippen molar-refractivity contribution in [3.63, 3.8) is 0 Å². The van der Waals surface area contributed by atoms with Gasteiger partial charge in [0.25, 0.3) is 0 Å². The fraction of sp³-hybridized carbons (Fsp3) is 0.143. The van der Waals surface area contributed by atoms with Crippen LogP contribution in [0.4, 0.5) is 0 Å². The fourth-order valence-corrected chi connectivity index (χ4v) is 5.52. The maximum atomic E-state index is 11.0. The summed E-state index contributed by atoms with van der Waals surface area (Å²) in [5.74, 6) is 0.224. The summed E-state index contributed by atoms with van der Waals surface area (Å²) in [6.07, 6.45) is 3.87. The smallest absolute Gasteiger partial charge is 0.810 e. The van der Waals surface area contributed by atoms with Crippen molar-refractivity contribution in [2.24, 2.45) is 0 Å². The van der Waals surface area contributed by atoms with Crippen molar-refractivity contribution in [3.8, 4) is 5.75 Å². The molecule has 0 bridgehead atoms. The van der Waals surface area contributed by atoms with Crippen LogP contribution in [0.1, 0.15) is 18.1 Å². The van der Waals surface area contributed by atoms with Crippen LogP contribution in [0.25, 0.3) is 21.8 Å². The molecule has 7 nitrogen and oxygen atoms in total. The third kappa shape index (κ3) is 6.25. The molecule has 1 saturated heterocycles. The van der Waals surface area contributed by atoms with Crippen molar-refractivity contribution in [1.82, 2.24) is 9.97 Å². The zero-order valence-electron chi connectivity index (χ0n) is 18.0. The van der Waals surface area contributed by atoms with Gasteiger partial charge in [0.1, 0.15) is 11.3 Å². The second-order valence-electron chi connectivity index (χ2n) is 6.88. The molecule has 5 rings (SSSR count). The number of hydrogen-bond acceptors (Lipinski definition) is 7. The molecule has 2 aromatic carbocycles. The van der Waals surface area contributed by atoms with E-state index in [2.05, 4.69) is 9.97 Å². The van der Waals surface area contributed by atoms with Gasteiger partial charge in [-0.3, -0.25) is 9.97 Å². The maximum Gasteiger partial charge on any atom is 1.00 e. The summed E-state index contributed by atoms with van der Waals surface area (Å²) in [4.78, 5) is 30.9.